The number of phenols is 3. The van der Waals surface area contributed by atoms with Gasteiger partial charge in [-0.05, 0) is 237 Å². The molecule has 0 aliphatic rings. The third-order valence-electron chi connectivity index (χ3n) is 26.7. The molecule has 6 aromatic heterocycles. The van der Waals surface area contributed by atoms with Crippen molar-refractivity contribution in [1.82, 2.24) is 29.9 Å². The molecular formula is C120H162N12O15. The lowest BCUT2D eigenvalue weighted by Gasteiger charge is -2.21. The Morgan fingerprint density at radius 2 is 0.401 bits per heavy atom. The number of carbonyl (C=O) groups is 6. The molecule has 0 saturated carbocycles. The smallest absolute Gasteiger partial charge is 0.256 e. The van der Waals surface area contributed by atoms with E-state index in [4.69, 9.17) is 48.4 Å². The summed E-state index contributed by atoms with van der Waals surface area (Å²) in [5.74, 6) is 1.70. The van der Waals surface area contributed by atoms with E-state index < -0.39 is 52.7 Å². The fraction of sp³-hybridized carbons (Fsp3) is 0.500. The molecule has 0 aliphatic carbocycles. The number of hydrogen-bond acceptors (Lipinski definition) is 21. The van der Waals surface area contributed by atoms with Gasteiger partial charge in [-0.2, -0.15) is 0 Å². The number of benzene rings is 4. The average molecular weight is 2010 g/mol. The van der Waals surface area contributed by atoms with E-state index in [2.05, 4.69) is 166 Å². The summed E-state index contributed by atoms with van der Waals surface area (Å²) in [7, 11) is 0. The molecule has 792 valence electrons. The van der Waals surface area contributed by atoms with Crippen molar-refractivity contribution in [3.8, 4) is 85.9 Å². The molecule has 6 amide bonds. The van der Waals surface area contributed by atoms with Crippen LogP contribution in [0.4, 0.5) is 34.1 Å². The summed E-state index contributed by atoms with van der Waals surface area (Å²) in [6.07, 6.45) is 33.6. The van der Waals surface area contributed by atoms with Crippen molar-refractivity contribution in [3.63, 3.8) is 0 Å². The normalized spacial score (nSPS) is 12.7. The van der Waals surface area contributed by atoms with Crippen molar-refractivity contribution in [2.45, 2.75) is 279 Å². The first-order valence-electron chi connectivity index (χ1n) is 53.7. The van der Waals surface area contributed by atoms with Gasteiger partial charge in [0.2, 0.25) is 11.5 Å². The Labute approximate surface area is 872 Å². The van der Waals surface area contributed by atoms with Gasteiger partial charge in [0.05, 0.1) is 73.8 Å². The van der Waals surface area contributed by atoms with E-state index in [9.17, 15) is 20.1 Å². The SMILES string of the molecule is CC(C)CCC[C@H](C)CCOc1cc(C(=O)Nc2cccnc2-c2ncccc2NC(=O)c2cc(C(=O)Nc3cccnc3-c3ncccc3NC(=O)c3cc(O)c(O)c(O)c3)cc(C(=O)Nc3cccnc3-c3ncccc3NC(=O)c3cc(OCC[C@@H](C)CCCC(C)C)c(OCC[C@@H](C)CCCC(C)C)c(OCC[C@@H](C)CCCC(C)C)c3)c2)cc(OCC[C@@H](C)CCCC(C)C)c1OCC[C@@H](C)CCCC(C)C. The first kappa shape index (κ1) is 116. The summed E-state index contributed by atoms with van der Waals surface area (Å²) < 4.78 is 40.6. The highest BCUT2D eigenvalue weighted by atomic mass is 16.5. The monoisotopic (exact) mass is 2010 g/mol. The molecule has 0 aliphatic heterocycles. The van der Waals surface area contributed by atoms with Gasteiger partial charge in [-0.3, -0.25) is 58.7 Å². The van der Waals surface area contributed by atoms with Crippen LogP contribution in [-0.4, -0.2) is 120 Å². The fourth-order valence-corrected chi connectivity index (χ4v) is 17.5. The molecule has 0 bridgehead atoms. The van der Waals surface area contributed by atoms with Gasteiger partial charge >= 0.3 is 0 Å². The van der Waals surface area contributed by atoms with Crippen LogP contribution in [0.1, 0.15) is 341 Å². The largest absolute Gasteiger partial charge is 0.504 e. The molecule has 0 unspecified atom stereocenters. The summed E-state index contributed by atoms with van der Waals surface area (Å²) in [5.41, 5.74) is 1.15. The van der Waals surface area contributed by atoms with E-state index in [1.165, 1.54) is 67.5 Å². The number of amides is 6. The molecule has 147 heavy (non-hydrogen) atoms. The van der Waals surface area contributed by atoms with Gasteiger partial charge < -0.3 is 75.6 Å². The molecule has 6 atom stereocenters. The molecule has 0 spiro atoms. The lowest BCUT2D eigenvalue weighted by Crippen LogP contribution is -2.20. The van der Waals surface area contributed by atoms with Crippen molar-refractivity contribution >= 4 is 69.6 Å². The number of hydrogen-bond donors (Lipinski definition) is 9. The predicted octanol–water partition coefficient (Wildman–Crippen LogP) is 29.1. The third kappa shape index (κ3) is 37.9. The van der Waals surface area contributed by atoms with Gasteiger partial charge in [0.1, 0.15) is 34.2 Å². The molecule has 9 N–H and O–H groups in total. The first-order chi connectivity index (χ1) is 70.5. The first-order valence-corrected chi connectivity index (χ1v) is 53.7. The van der Waals surface area contributed by atoms with Crippen LogP contribution < -0.4 is 60.3 Å². The topological polar surface area (TPSA) is 368 Å². The number of phenolic OH excluding ortho intramolecular Hbond substituents is 3. The minimum Gasteiger partial charge on any atom is -0.504 e. The highest BCUT2D eigenvalue weighted by molar-refractivity contribution is 6.16. The van der Waals surface area contributed by atoms with E-state index in [-0.39, 0.29) is 102 Å². The summed E-state index contributed by atoms with van der Waals surface area (Å²) in [6, 6.07) is 32.0. The number of rotatable bonds is 63. The van der Waals surface area contributed by atoms with Crippen molar-refractivity contribution in [2.75, 3.05) is 71.5 Å². The molecule has 0 radical (unpaired) electrons. The van der Waals surface area contributed by atoms with E-state index in [1.807, 2.05) is 0 Å². The molecule has 6 heterocycles. The van der Waals surface area contributed by atoms with Crippen molar-refractivity contribution in [2.24, 2.45) is 71.0 Å². The zero-order chi connectivity index (χ0) is 106. The quantitative estimate of drug-likeness (QED) is 0.0160. The third-order valence-corrected chi connectivity index (χ3v) is 26.7. The molecule has 27 heteroatoms. The molecule has 0 fully saturated rings. The zero-order valence-electron chi connectivity index (χ0n) is 90.2. The Hall–Kier alpha value is -13.2. The molecule has 27 nitrogen and oxygen atoms in total. The molecule has 0 saturated heterocycles. The van der Waals surface area contributed by atoms with E-state index in [0.717, 1.165) is 166 Å². The second-order valence-electron chi connectivity index (χ2n) is 42.8. The Balaban J connectivity index is 0.998. The van der Waals surface area contributed by atoms with Gasteiger partial charge in [-0.25, -0.2) is 0 Å². The van der Waals surface area contributed by atoms with Gasteiger partial charge in [-0.1, -0.05) is 240 Å². The van der Waals surface area contributed by atoms with Crippen molar-refractivity contribution < 1.29 is 72.5 Å². The van der Waals surface area contributed by atoms with Gasteiger partial charge in [0.15, 0.2) is 40.2 Å². The van der Waals surface area contributed by atoms with Crippen LogP contribution in [0.3, 0.4) is 0 Å². The number of nitrogens with zero attached hydrogens (tertiary/aromatic N) is 6. The van der Waals surface area contributed by atoms with Crippen LogP contribution in [-0.2, 0) is 0 Å². The average Bonchev–Trinajstić information content (AvgIpc) is 0.784. The number of aromatic hydroxyl groups is 3. The number of pyridine rings is 6. The van der Waals surface area contributed by atoms with Gasteiger partial charge in [0, 0.05) is 70.6 Å². The molecular weight excluding hydrogens is 1850 g/mol. The standard InChI is InChI=1S/C120H162N12O15/c1-76(2)31-19-37-82(13)49-61-142-102-72-92(73-103(143-62-50-83(14)38-20-32-77(3)4)113(102)146-65-53-86(17)41-23-35-80(9)10)119(140)131-98-47-29-59-125-110(98)107-95(44-26-56-122-107)128-116(137)89-67-88(115(136)127-94-43-25-55-121-106(94)109-97(46-28-58-124-109)130-118(139)91-70-100(133)112(135)101(134)71-91)68-90(69-89)117(138)129-96-45-27-57-123-108(96)111-99(48-30-60-126-111)132-120(141)93-74-104(144-63-51-84(15)39-21-33-78(5)6)114(147-66-54-87(18)42-24-36-81(11)12)105(75-93)145-64-52-85(16)40-22-34-79(7)8/h25-30,43-48,55-60,67-87,133-135H,19-24,31-42,49-54,61-66H2,1-18H3,(H,127,136)(H,128,137)(H,129,138)(H,130,139)(H,131,140)(H,132,141)/t82-,83-,84-,85-,86-,87-/m0/s1. The lowest BCUT2D eigenvalue weighted by atomic mass is 9.97. The highest BCUT2D eigenvalue weighted by Crippen LogP contribution is 2.45. The Morgan fingerprint density at radius 1 is 0.231 bits per heavy atom. The Bertz CT molecular complexity index is 5500. The van der Waals surface area contributed by atoms with Crippen molar-refractivity contribution in [1.29, 1.82) is 0 Å². The lowest BCUT2D eigenvalue weighted by molar-refractivity contribution is 0.101. The maximum absolute atomic E-state index is 15.6. The van der Waals surface area contributed by atoms with Crippen LogP contribution in [0.2, 0.25) is 0 Å². The molecule has 10 aromatic rings. The zero-order valence-corrected chi connectivity index (χ0v) is 90.2. The number of aromatic nitrogens is 6. The maximum atomic E-state index is 15.6. The summed E-state index contributed by atoms with van der Waals surface area (Å²) in [5, 5.41) is 48.7. The maximum Gasteiger partial charge on any atom is 0.256 e. The second kappa shape index (κ2) is 59.6. The number of carbonyl (C=O) groups excluding carboxylic acids is 6. The summed E-state index contributed by atoms with van der Waals surface area (Å²) >= 11 is 0. The summed E-state index contributed by atoms with van der Waals surface area (Å²) in [6.45, 7) is 42.7. The second-order valence-corrected chi connectivity index (χ2v) is 42.8. The van der Waals surface area contributed by atoms with Crippen molar-refractivity contribution in [3.05, 3.63) is 198 Å². The molecule has 4 aromatic carbocycles. The Morgan fingerprint density at radius 3 is 0.585 bits per heavy atom. The number of nitrogens with one attached hydrogen (secondary N) is 6. The highest BCUT2D eigenvalue weighted by Gasteiger charge is 2.30. The fourth-order valence-electron chi connectivity index (χ4n) is 17.5. The minimum atomic E-state index is -0.848. The van der Waals surface area contributed by atoms with E-state index in [1.54, 1.807) is 84.9 Å². The van der Waals surface area contributed by atoms with Crippen LogP contribution in [0, 0.1) is 71.0 Å². The van der Waals surface area contributed by atoms with Crippen LogP contribution >= 0.6 is 0 Å². The summed E-state index contributed by atoms with van der Waals surface area (Å²) in [4.78, 5) is 120. The van der Waals surface area contributed by atoms with Gasteiger partial charge in [-0.15, -0.1) is 0 Å². The van der Waals surface area contributed by atoms with E-state index in [0.29, 0.717) is 145 Å². The minimum absolute atomic E-state index is 0.0544. The predicted molar refractivity (Wildman–Crippen MR) is 589 cm³/mol. The Kier molecular flexibility index (Phi) is 46.9. The van der Waals surface area contributed by atoms with Gasteiger partial charge in [0.25, 0.3) is 35.4 Å². The van der Waals surface area contributed by atoms with Crippen LogP contribution in [0.5, 0.6) is 51.7 Å². The van der Waals surface area contributed by atoms with Crippen LogP contribution in [0.25, 0.3) is 34.2 Å². The molecule has 10 rings (SSSR count). The van der Waals surface area contributed by atoms with Crippen LogP contribution in [0.15, 0.2) is 165 Å². The number of ether oxygens (including phenoxy) is 6. The number of anilines is 6. The van der Waals surface area contributed by atoms with E-state index >= 15 is 24.0 Å².